The average Bonchev–Trinajstić information content (AvgIpc) is 2.74. The van der Waals surface area contributed by atoms with Crippen LogP contribution in [0.15, 0.2) is 35.5 Å². The van der Waals surface area contributed by atoms with Gasteiger partial charge in [0.15, 0.2) is 5.82 Å². The van der Waals surface area contributed by atoms with Crippen molar-refractivity contribution in [2.24, 2.45) is 5.14 Å². The highest BCUT2D eigenvalue weighted by atomic mass is 32.2. The molecule has 1 aromatic carbocycles. The molecule has 0 spiro atoms. The summed E-state index contributed by atoms with van der Waals surface area (Å²) in [6.45, 7) is 3.70. The second-order valence-electron chi connectivity index (χ2n) is 4.18. The molecule has 1 heterocycles. The Kier molecular flexibility index (Phi) is 3.18. The van der Waals surface area contributed by atoms with E-state index in [2.05, 4.69) is 10.2 Å². The number of primary sulfonamides is 1. The highest BCUT2D eigenvalue weighted by molar-refractivity contribution is 7.89. The third-order valence-corrected chi connectivity index (χ3v) is 3.25. The number of hydrogen-bond acceptors (Lipinski definition) is 4. The van der Waals surface area contributed by atoms with Crippen molar-refractivity contribution in [1.82, 2.24) is 14.8 Å². The van der Waals surface area contributed by atoms with E-state index in [4.69, 9.17) is 5.14 Å². The minimum atomic E-state index is -3.88. The van der Waals surface area contributed by atoms with E-state index in [0.29, 0.717) is 5.82 Å². The Morgan fingerprint density at radius 2 is 1.78 bits per heavy atom. The maximum Gasteiger partial charge on any atom is 0.273 e. The third-order valence-electron chi connectivity index (χ3n) is 2.47. The van der Waals surface area contributed by atoms with Crippen LogP contribution in [0.3, 0.4) is 0 Å². The van der Waals surface area contributed by atoms with Gasteiger partial charge in [-0.15, -0.1) is 10.2 Å². The normalized spacial score (nSPS) is 12.0. The fourth-order valence-electron chi connectivity index (χ4n) is 1.72. The number of sulfonamides is 1. The van der Waals surface area contributed by atoms with Gasteiger partial charge in [0, 0.05) is 11.6 Å². The summed E-state index contributed by atoms with van der Waals surface area (Å²) in [6, 6.07) is 9.16. The maximum atomic E-state index is 11.5. The minimum Gasteiger partial charge on any atom is -0.294 e. The fraction of sp³-hybridized carbons (Fsp3) is 0.273. The SMILES string of the molecule is CC(C)n1c(-c2ccccc2)nnc1S(N)(=O)=O. The first kappa shape index (κ1) is 12.7. The molecular weight excluding hydrogens is 252 g/mol. The smallest absolute Gasteiger partial charge is 0.273 e. The van der Waals surface area contributed by atoms with Crippen molar-refractivity contribution in [3.8, 4) is 11.4 Å². The molecule has 0 saturated carbocycles. The summed E-state index contributed by atoms with van der Waals surface area (Å²) in [6.07, 6.45) is 0. The van der Waals surface area contributed by atoms with Crippen LogP contribution in [0.1, 0.15) is 19.9 Å². The Morgan fingerprint density at radius 1 is 1.17 bits per heavy atom. The number of nitrogens with zero attached hydrogens (tertiary/aromatic N) is 3. The molecule has 0 saturated heterocycles. The van der Waals surface area contributed by atoms with Crippen molar-refractivity contribution < 1.29 is 8.42 Å². The van der Waals surface area contributed by atoms with Crippen LogP contribution in [-0.2, 0) is 10.0 Å². The molecule has 18 heavy (non-hydrogen) atoms. The zero-order chi connectivity index (χ0) is 13.3. The van der Waals surface area contributed by atoms with Crippen molar-refractivity contribution in [2.75, 3.05) is 0 Å². The highest BCUT2D eigenvalue weighted by Crippen LogP contribution is 2.23. The molecule has 0 amide bonds. The quantitative estimate of drug-likeness (QED) is 0.902. The van der Waals surface area contributed by atoms with Gasteiger partial charge in [-0.2, -0.15) is 0 Å². The van der Waals surface area contributed by atoms with Gasteiger partial charge >= 0.3 is 0 Å². The van der Waals surface area contributed by atoms with Crippen LogP contribution < -0.4 is 5.14 Å². The van der Waals surface area contributed by atoms with Gasteiger partial charge in [0.25, 0.3) is 15.2 Å². The van der Waals surface area contributed by atoms with Gasteiger partial charge in [0.1, 0.15) is 0 Å². The predicted molar refractivity (Wildman–Crippen MR) is 67.2 cm³/mol. The van der Waals surface area contributed by atoms with E-state index in [9.17, 15) is 8.42 Å². The Bertz CT molecular complexity index is 647. The molecule has 0 aliphatic heterocycles. The Morgan fingerprint density at radius 3 is 2.28 bits per heavy atom. The molecule has 0 unspecified atom stereocenters. The maximum absolute atomic E-state index is 11.5. The summed E-state index contributed by atoms with van der Waals surface area (Å²) in [5.41, 5.74) is 0.800. The molecule has 0 bridgehead atoms. The fourth-order valence-corrected chi connectivity index (χ4v) is 2.45. The van der Waals surface area contributed by atoms with E-state index in [1.54, 1.807) is 0 Å². The number of nitrogens with two attached hydrogens (primary N) is 1. The number of benzene rings is 1. The van der Waals surface area contributed by atoms with E-state index in [0.717, 1.165) is 5.56 Å². The van der Waals surface area contributed by atoms with Crippen molar-refractivity contribution >= 4 is 10.0 Å². The Balaban J connectivity index is 2.68. The van der Waals surface area contributed by atoms with Gasteiger partial charge in [0.05, 0.1) is 0 Å². The first-order valence-electron chi connectivity index (χ1n) is 5.44. The molecular formula is C11H14N4O2S. The molecule has 2 rings (SSSR count). The molecule has 96 valence electrons. The summed E-state index contributed by atoms with van der Waals surface area (Å²) in [7, 11) is -3.88. The van der Waals surface area contributed by atoms with Gasteiger partial charge in [-0.25, -0.2) is 13.6 Å². The van der Waals surface area contributed by atoms with Crippen molar-refractivity contribution in [2.45, 2.75) is 25.0 Å². The van der Waals surface area contributed by atoms with Crippen LogP contribution in [0.25, 0.3) is 11.4 Å². The monoisotopic (exact) mass is 266 g/mol. The highest BCUT2D eigenvalue weighted by Gasteiger charge is 2.23. The van der Waals surface area contributed by atoms with Gasteiger partial charge in [-0.1, -0.05) is 30.3 Å². The lowest BCUT2D eigenvalue weighted by molar-refractivity contribution is 0.524. The van der Waals surface area contributed by atoms with Crippen LogP contribution in [0.4, 0.5) is 0 Å². The van der Waals surface area contributed by atoms with E-state index < -0.39 is 10.0 Å². The predicted octanol–water partition coefficient (Wildman–Crippen LogP) is 1.17. The van der Waals surface area contributed by atoms with Crippen LogP contribution in [0, 0.1) is 0 Å². The molecule has 6 nitrogen and oxygen atoms in total. The summed E-state index contributed by atoms with van der Waals surface area (Å²) in [5, 5.41) is 12.5. The molecule has 2 N–H and O–H groups in total. The summed E-state index contributed by atoms with van der Waals surface area (Å²) in [4.78, 5) is 0. The number of hydrogen-bond donors (Lipinski definition) is 1. The lowest BCUT2D eigenvalue weighted by Crippen LogP contribution is -2.20. The Labute approximate surface area is 106 Å². The second kappa shape index (κ2) is 4.51. The average molecular weight is 266 g/mol. The molecule has 1 aromatic heterocycles. The van der Waals surface area contributed by atoms with Crippen molar-refractivity contribution in [1.29, 1.82) is 0 Å². The molecule has 7 heteroatoms. The Hall–Kier alpha value is -1.73. The van der Waals surface area contributed by atoms with Gasteiger partial charge in [-0.3, -0.25) is 4.57 Å². The van der Waals surface area contributed by atoms with Crippen molar-refractivity contribution in [3.05, 3.63) is 30.3 Å². The largest absolute Gasteiger partial charge is 0.294 e. The van der Waals surface area contributed by atoms with Gasteiger partial charge in [0.2, 0.25) is 0 Å². The third kappa shape index (κ3) is 2.27. The molecule has 0 aliphatic rings. The molecule has 0 radical (unpaired) electrons. The van der Waals surface area contributed by atoms with E-state index in [-0.39, 0.29) is 11.2 Å². The molecule has 0 aliphatic carbocycles. The van der Waals surface area contributed by atoms with E-state index in [1.165, 1.54) is 4.57 Å². The van der Waals surface area contributed by atoms with Gasteiger partial charge in [-0.05, 0) is 13.8 Å². The van der Waals surface area contributed by atoms with Crippen LogP contribution in [-0.4, -0.2) is 23.2 Å². The zero-order valence-corrected chi connectivity index (χ0v) is 10.9. The lowest BCUT2D eigenvalue weighted by atomic mass is 10.2. The summed E-state index contributed by atoms with van der Waals surface area (Å²) in [5.74, 6) is 0.495. The first-order chi connectivity index (χ1) is 8.41. The molecule has 0 fully saturated rings. The lowest BCUT2D eigenvalue weighted by Gasteiger charge is -2.12. The molecule has 0 atom stereocenters. The first-order valence-corrected chi connectivity index (χ1v) is 6.99. The van der Waals surface area contributed by atoms with E-state index >= 15 is 0 Å². The van der Waals surface area contributed by atoms with Crippen LogP contribution in [0.2, 0.25) is 0 Å². The number of rotatable bonds is 3. The zero-order valence-electron chi connectivity index (χ0n) is 10.1. The minimum absolute atomic E-state index is 0.108. The number of aromatic nitrogens is 3. The van der Waals surface area contributed by atoms with Crippen molar-refractivity contribution in [3.63, 3.8) is 0 Å². The summed E-state index contributed by atoms with van der Waals surface area (Å²) < 4.78 is 24.4. The summed E-state index contributed by atoms with van der Waals surface area (Å²) >= 11 is 0. The van der Waals surface area contributed by atoms with Gasteiger partial charge < -0.3 is 0 Å². The van der Waals surface area contributed by atoms with Crippen LogP contribution in [0.5, 0.6) is 0 Å². The topological polar surface area (TPSA) is 90.9 Å². The standard InChI is InChI=1S/C11H14N4O2S/c1-8(2)15-10(9-6-4-3-5-7-9)13-14-11(15)18(12,16)17/h3-8H,1-2H3,(H2,12,16,17). The van der Waals surface area contributed by atoms with E-state index in [1.807, 2.05) is 44.2 Å². The van der Waals surface area contributed by atoms with Crippen LogP contribution >= 0.6 is 0 Å². The molecule has 2 aromatic rings. The second-order valence-corrected chi connectivity index (χ2v) is 5.64.